The Morgan fingerprint density at radius 3 is 2.12 bits per heavy atom. The fraction of sp³-hybridized carbons (Fsp3) is 0.167. The number of hydrogen-bond donors (Lipinski definition) is 3. The molecule has 0 saturated heterocycles. The molecule has 2 rings (SSSR count). The van der Waals surface area contributed by atoms with Crippen LogP contribution < -0.4 is 0 Å². The van der Waals surface area contributed by atoms with Crippen LogP contribution in [-0.4, -0.2) is 15.3 Å². The monoisotopic (exact) mass is 382 g/mol. The average molecular weight is 382 g/mol. The van der Waals surface area contributed by atoms with Crippen molar-refractivity contribution in [2.24, 2.45) is 0 Å². The standard InChI is InChI=1S/C12H12O3.2Y/c13-6-8-1-2-9-5-12(15)11(7-14)4-10(9)3-8;;/h1-5,13-15H,6-7H2;;. The third-order valence-electron chi connectivity index (χ3n) is 2.46. The van der Waals surface area contributed by atoms with Crippen molar-refractivity contribution in [1.82, 2.24) is 0 Å². The summed E-state index contributed by atoms with van der Waals surface area (Å²) < 4.78 is 0. The molecule has 0 fully saturated rings. The summed E-state index contributed by atoms with van der Waals surface area (Å²) in [4.78, 5) is 0. The number of fused-ring (bicyclic) bond motifs is 1. The van der Waals surface area contributed by atoms with E-state index in [4.69, 9.17) is 10.2 Å². The van der Waals surface area contributed by atoms with Crippen LogP contribution in [0.15, 0.2) is 30.3 Å². The van der Waals surface area contributed by atoms with Crippen molar-refractivity contribution in [3.8, 4) is 5.75 Å². The summed E-state index contributed by atoms with van der Waals surface area (Å²) in [6, 6.07) is 8.82. The normalized spacial score (nSPS) is 9.53. The second-order valence-electron chi connectivity index (χ2n) is 3.48. The summed E-state index contributed by atoms with van der Waals surface area (Å²) in [5, 5.41) is 29.3. The van der Waals surface area contributed by atoms with Gasteiger partial charge in [0.1, 0.15) is 5.75 Å². The first-order chi connectivity index (χ1) is 7.24. The molecule has 0 heterocycles. The zero-order valence-electron chi connectivity index (χ0n) is 9.30. The van der Waals surface area contributed by atoms with Crippen LogP contribution in [0.3, 0.4) is 0 Å². The summed E-state index contributed by atoms with van der Waals surface area (Å²) in [7, 11) is 0. The van der Waals surface area contributed by atoms with E-state index in [1.165, 1.54) is 0 Å². The van der Waals surface area contributed by atoms with E-state index in [1.807, 2.05) is 12.1 Å². The van der Waals surface area contributed by atoms with E-state index in [2.05, 4.69) is 0 Å². The van der Waals surface area contributed by atoms with Gasteiger partial charge >= 0.3 is 0 Å². The van der Waals surface area contributed by atoms with Gasteiger partial charge in [0.2, 0.25) is 0 Å². The van der Waals surface area contributed by atoms with Gasteiger partial charge in [0, 0.05) is 71.0 Å². The minimum atomic E-state index is -0.189. The minimum absolute atomic E-state index is 0. The Hall–Kier alpha value is 0.628. The summed E-state index contributed by atoms with van der Waals surface area (Å²) >= 11 is 0. The van der Waals surface area contributed by atoms with Crippen molar-refractivity contribution in [2.75, 3.05) is 0 Å². The van der Waals surface area contributed by atoms with Crippen LogP contribution in [0, 0.1) is 0 Å². The van der Waals surface area contributed by atoms with E-state index in [-0.39, 0.29) is 84.4 Å². The predicted molar refractivity (Wildman–Crippen MR) is 57.5 cm³/mol. The molecule has 0 aromatic heterocycles. The van der Waals surface area contributed by atoms with Crippen LogP contribution in [0.25, 0.3) is 10.8 Å². The molecule has 5 heteroatoms. The number of benzene rings is 2. The molecule has 0 atom stereocenters. The number of aliphatic hydroxyl groups excluding tert-OH is 2. The zero-order chi connectivity index (χ0) is 10.8. The summed E-state index contributed by atoms with van der Waals surface area (Å²) in [6.45, 7) is -0.198. The molecular weight excluding hydrogens is 370 g/mol. The van der Waals surface area contributed by atoms with E-state index in [0.717, 1.165) is 16.3 Å². The largest absolute Gasteiger partial charge is 0.508 e. The molecule has 2 aromatic carbocycles. The predicted octanol–water partition coefficient (Wildman–Crippen LogP) is 1.52. The fourth-order valence-electron chi connectivity index (χ4n) is 1.61. The Morgan fingerprint density at radius 1 is 0.824 bits per heavy atom. The smallest absolute Gasteiger partial charge is 0.121 e. The molecule has 0 amide bonds. The second-order valence-corrected chi connectivity index (χ2v) is 3.48. The quantitative estimate of drug-likeness (QED) is 0.739. The molecule has 2 radical (unpaired) electrons. The van der Waals surface area contributed by atoms with Crippen molar-refractivity contribution >= 4 is 10.8 Å². The van der Waals surface area contributed by atoms with Gasteiger partial charge in [0.25, 0.3) is 0 Å². The number of rotatable bonds is 2. The van der Waals surface area contributed by atoms with Crippen LogP contribution >= 0.6 is 0 Å². The van der Waals surface area contributed by atoms with E-state index in [1.54, 1.807) is 18.2 Å². The molecule has 3 nitrogen and oxygen atoms in total. The van der Waals surface area contributed by atoms with Gasteiger partial charge in [-0.05, 0) is 34.5 Å². The molecule has 0 spiro atoms. The molecule has 2 aromatic rings. The van der Waals surface area contributed by atoms with Crippen molar-refractivity contribution in [3.63, 3.8) is 0 Å². The topological polar surface area (TPSA) is 60.7 Å². The van der Waals surface area contributed by atoms with Gasteiger partial charge < -0.3 is 15.3 Å². The Morgan fingerprint density at radius 2 is 1.53 bits per heavy atom. The van der Waals surface area contributed by atoms with Gasteiger partial charge in [-0.1, -0.05) is 12.1 Å². The molecule has 0 aliphatic carbocycles. The molecule has 0 aliphatic rings. The molecule has 0 aliphatic heterocycles. The molecule has 0 bridgehead atoms. The second kappa shape index (κ2) is 7.93. The first-order valence-electron chi connectivity index (χ1n) is 4.71. The maximum atomic E-state index is 9.53. The van der Waals surface area contributed by atoms with Crippen molar-refractivity contribution in [1.29, 1.82) is 0 Å². The van der Waals surface area contributed by atoms with E-state index in [0.29, 0.717) is 5.56 Å². The van der Waals surface area contributed by atoms with E-state index >= 15 is 0 Å². The van der Waals surface area contributed by atoms with Gasteiger partial charge in [0.05, 0.1) is 13.2 Å². The van der Waals surface area contributed by atoms with E-state index < -0.39 is 0 Å². The zero-order valence-corrected chi connectivity index (χ0v) is 15.0. The van der Waals surface area contributed by atoms with Crippen molar-refractivity contribution in [2.45, 2.75) is 13.2 Å². The Labute approximate surface area is 150 Å². The third kappa shape index (κ3) is 4.05. The SMILES string of the molecule is OCc1ccc2cc(O)c(CO)cc2c1.[Y].[Y]. The summed E-state index contributed by atoms with van der Waals surface area (Å²) in [6.07, 6.45) is 0. The molecule has 0 saturated carbocycles. The van der Waals surface area contributed by atoms with Gasteiger partial charge in [-0.25, -0.2) is 0 Å². The van der Waals surface area contributed by atoms with Crippen LogP contribution in [0.2, 0.25) is 0 Å². The summed E-state index contributed by atoms with van der Waals surface area (Å²) in [5.74, 6) is 0.0988. The number of hydrogen-bond acceptors (Lipinski definition) is 3. The first kappa shape index (κ1) is 17.6. The maximum Gasteiger partial charge on any atom is 0.121 e. The number of phenols is 1. The van der Waals surface area contributed by atoms with Crippen molar-refractivity contribution < 1.29 is 80.7 Å². The number of aliphatic hydroxyl groups is 2. The van der Waals surface area contributed by atoms with Gasteiger partial charge in [-0.3, -0.25) is 0 Å². The fourth-order valence-corrected chi connectivity index (χ4v) is 1.61. The van der Waals surface area contributed by atoms with Gasteiger partial charge in [-0.2, -0.15) is 0 Å². The van der Waals surface area contributed by atoms with Crippen LogP contribution in [0.1, 0.15) is 11.1 Å². The van der Waals surface area contributed by atoms with Crippen molar-refractivity contribution in [3.05, 3.63) is 41.5 Å². The summed E-state index contributed by atoms with van der Waals surface area (Å²) in [5.41, 5.74) is 1.31. The Bertz CT molecular complexity index is 500. The van der Waals surface area contributed by atoms with E-state index in [9.17, 15) is 5.11 Å². The average Bonchev–Trinajstić information content (AvgIpc) is 2.27. The van der Waals surface area contributed by atoms with Crippen LogP contribution in [-0.2, 0) is 78.6 Å². The Balaban J connectivity index is 0.00000128. The molecule has 3 N–H and O–H groups in total. The molecule has 84 valence electrons. The van der Waals surface area contributed by atoms with Crippen LogP contribution in [0.4, 0.5) is 0 Å². The first-order valence-corrected chi connectivity index (χ1v) is 4.71. The van der Waals surface area contributed by atoms with Gasteiger partial charge in [0.15, 0.2) is 0 Å². The minimum Gasteiger partial charge on any atom is -0.508 e. The molecule has 17 heavy (non-hydrogen) atoms. The molecular formula is C12H12O3Y2. The maximum absolute atomic E-state index is 9.53. The van der Waals surface area contributed by atoms with Gasteiger partial charge in [-0.15, -0.1) is 0 Å². The number of aromatic hydroxyl groups is 1. The van der Waals surface area contributed by atoms with Crippen LogP contribution in [0.5, 0.6) is 5.75 Å². The molecule has 0 unspecified atom stereocenters. The Kier molecular flexibility index (Phi) is 8.22. The third-order valence-corrected chi connectivity index (χ3v) is 2.46.